The SMILES string of the molecule is COc1ccc(C#N)c(NCC2CCC(C(=O)O)O2)c1. The third-order valence-corrected chi connectivity index (χ3v) is 3.25. The first kappa shape index (κ1) is 14.2. The van der Waals surface area contributed by atoms with E-state index in [9.17, 15) is 4.79 Å². The van der Waals surface area contributed by atoms with E-state index >= 15 is 0 Å². The number of ether oxygens (including phenoxy) is 2. The molecule has 1 aliphatic heterocycles. The molecular formula is C14H16N2O4. The number of nitriles is 1. The number of aliphatic carboxylic acids is 1. The maximum Gasteiger partial charge on any atom is 0.332 e. The van der Waals surface area contributed by atoms with Gasteiger partial charge in [0.2, 0.25) is 0 Å². The highest BCUT2D eigenvalue weighted by molar-refractivity contribution is 5.72. The van der Waals surface area contributed by atoms with Crippen molar-refractivity contribution in [2.75, 3.05) is 19.0 Å². The van der Waals surface area contributed by atoms with Crippen LogP contribution < -0.4 is 10.1 Å². The molecule has 2 N–H and O–H groups in total. The quantitative estimate of drug-likeness (QED) is 0.849. The molecule has 0 amide bonds. The molecule has 0 radical (unpaired) electrons. The lowest BCUT2D eigenvalue weighted by molar-refractivity contribution is -0.149. The van der Waals surface area contributed by atoms with Gasteiger partial charge in [-0.25, -0.2) is 4.79 Å². The molecule has 0 spiro atoms. The average molecular weight is 276 g/mol. The third kappa shape index (κ3) is 3.19. The summed E-state index contributed by atoms with van der Waals surface area (Å²) in [6, 6.07) is 7.23. The molecule has 1 fully saturated rings. The summed E-state index contributed by atoms with van der Waals surface area (Å²) in [5, 5.41) is 21.0. The fourth-order valence-corrected chi connectivity index (χ4v) is 2.16. The van der Waals surface area contributed by atoms with Gasteiger partial charge in [0, 0.05) is 12.6 Å². The van der Waals surface area contributed by atoms with Gasteiger partial charge in [-0.15, -0.1) is 0 Å². The number of carboxylic acids is 1. The lowest BCUT2D eigenvalue weighted by Gasteiger charge is -2.14. The van der Waals surface area contributed by atoms with E-state index in [4.69, 9.17) is 19.8 Å². The summed E-state index contributed by atoms with van der Waals surface area (Å²) in [7, 11) is 1.56. The van der Waals surface area contributed by atoms with Gasteiger partial charge >= 0.3 is 5.97 Å². The average Bonchev–Trinajstić information content (AvgIpc) is 2.93. The van der Waals surface area contributed by atoms with E-state index in [-0.39, 0.29) is 6.10 Å². The molecule has 2 atom stereocenters. The van der Waals surface area contributed by atoms with Crippen LogP contribution in [0.15, 0.2) is 18.2 Å². The smallest absolute Gasteiger partial charge is 0.332 e. The number of hydrogen-bond donors (Lipinski definition) is 2. The molecular weight excluding hydrogens is 260 g/mol. The first-order valence-electron chi connectivity index (χ1n) is 6.34. The molecule has 2 unspecified atom stereocenters. The number of hydrogen-bond acceptors (Lipinski definition) is 5. The fourth-order valence-electron chi connectivity index (χ4n) is 2.16. The molecule has 6 heteroatoms. The third-order valence-electron chi connectivity index (χ3n) is 3.25. The number of nitrogens with zero attached hydrogens (tertiary/aromatic N) is 1. The zero-order valence-electron chi connectivity index (χ0n) is 11.1. The zero-order chi connectivity index (χ0) is 14.5. The van der Waals surface area contributed by atoms with Crippen LogP contribution in [0.4, 0.5) is 5.69 Å². The fraction of sp³-hybridized carbons (Fsp3) is 0.429. The standard InChI is InChI=1S/C14H16N2O4/c1-19-10-3-2-9(7-15)12(6-10)16-8-11-4-5-13(20-11)14(17)18/h2-3,6,11,13,16H,4-5,8H2,1H3,(H,17,18). The minimum atomic E-state index is -0.924. The monoisotopic (exact) mass is 276 g/mol. The number of carbonyl (C=O) groups is 1. The topological polar surface area (TPSA) is 91.6 Å². The maximum absolute atomic E-state index is 10.8. The van der Waals surface area contributed by atoms with Crippen molar-refractivity contribution in [1.82, 2.24) is 0 Å². The molecule has 20 heavy (non-hydrogen) atoms. The Labute approximate surface area is 116 Å². The zero-order valence-corrected chi connectivity index (χ0v) is 11.1. The van der Waals surface area contributed by atoms with E-state index in [1.165, 1.54) is 0 Å². The van der Waals surface area contributed by atoms with Crippen LogP contribution in [0.2, 0.25) is 0 Å². The minimum absolute atomic E-state index is 0.158. The van der Waals surface area contributed by atoms with Crippen molar-refractivity contribution in [3.05, 3.63) is 23.8 Å². The van der Waals surface area contributed by atoms with Crippen molar-refractivity contribution in [2.45, 2.75) is 25.0 Å². The predicted molar refractivity (Wildman–Crippen MR) is 71.7 cm³/mol. The first-order chi connectivity index (χ1) is 9.63. The molecule has 1 saturated heterocycles. The first-order valence-corrected chi connectivity index (χ1v) is 6.34. The van der Waals surface area contributed by atoms with Gasteiger partial charge in [-0.2, -0.15) is 5.26 Å². The van der Waals surface area contributed by atoms with Crippen molar-refractivity contribution >= 4 is 11.7 Å². The second-order valence-electron chi connectivity index (χ2n) is 4.57. The highest BCUT2D eigenvalue weighted by atomic mass is 16.5. The van der Waals surface area contributed by atoms with Crippen molar-refractivity contribution in [2.24, 2.45) is 0 Å². The molecule has 1 heterocycles. The number of nitrogens with one attached hydrogen (secondary N) is 1. The number of rotatable bonds is 5. The molecule has 106 valence electrons. The van der Waals surface area contributed by atoms with Gasteiger partial charge in [0.1, 0.15) is 11.8 Å². The summed E-state index contributed by atoms with van der Waals surface area (Å²) in [6.07, 6.45) is 0.331. The molecule has 6 nitrogen and oxygen atoms in total. The minimum Gasteiger partial charge on any atom is -0.497 e. The maximum atomic E-state index is 10.8. The highest BCUT2D eigenvalue weighted by Gasteiger charge is 2.30. The van der Waals surface area contributed by atoms with Gasteiger partial charge in [0.05, 0.1) is 24.5 Å². The second-order valence-corrected chi connectivity index (χ2v) is 4.57. The van der Waals surface area contributed by atoms with Crippen molar-refractivity contribution in [3.63, 3.8) is 0 Å². The van der Waals surface area contributed by atoms with Crippen LogP contribution in [0.1, 0.15) is 18.4 Å². The van der Waals surface area contributed by atoms with E-state index in [2.05, 4.69) is 11.4 Å². The van der Waals surface area contributed by atoms with Crippen molar-refractivity contribution in [3.8, 4) is 11.8 Å². The summed E-state index contributed by atoms with van der Waals surface area (Å²) >= 11 is 0. The normalized spacial score (nSPS) is 21.2. The number of anilines is 1. The van der Waals surface area contributed by atoms with Crippen LogP contribution in [0, 0.1) is 11.3 Å². The highest BCUT2D eigenvalue weighted by Crippen LogP contribution is 2.24. The Morgan fingerprint density at radius 3 is 3.00 bits per heavy atom. The van der Waals surface area contributed by atoms with E-state index in [0.29, 0.717) is 36.4 Å². The molecule has 1 aromatic carbocycles. The van der Waals surface area contributed by atoms with Gasteiger partial charge in [-0.1, -0.05) is 0 Å². The number of benzene rings is 1. The molecule has 2 rings (SSSR count). The Morgan fingerprint density at radius 2 is 2.40 bits per heavy atom. The Kier molecular flexibility index (Phi) is 4.43. The molecule has 0 saturated carbocycles. The second kappa shape index (κ2) is 6.26. The summed E-state index contributed by atoms with van der Waals surface area (Å²) in [5.74, 6) is -0.270. The molecule has 1 aromatic rings. The van der Waals surface area contributed by atoms with Crippen LogP contribution in [0.3, 0.4) is 0 Å². The van der Waals surface area contributed by atoms with Crippen LogP contribution in [-0.2, 0) is 9.53 Å². The van der Waals surface area contributed by atoms with Gasteiger partial charge < -0.3 is 19.9 Å². The molecule has 1 aliphatic rings. The van der Waals surface area contributed by atoms with Gasteiger partial charge in [-0.3, -0.25) is 0 Å². The lowest BCUT2D eigenvalue weighted by Crippen LogP contribution is -2.24. The van der Waals surface area contributed by atoms with Crippen LogP contribution in [0.25, 0.3) is 0 Å². The van der Waals surface area contributed by atoms with Gasteiger partial charge in [-0.05, 0) is 25.0 Å². The number of methoxy groups -OCH3 is 1. The largest absolute Gasteiger partial charge is 0.497 e. The van der Waals surface area contributed by atoms with E-state index in [1.54, 1.807) is 25.3 Å². The Bertz CT molecular complexity index is 538. The van der Waals surface area contributed by atoms with Gasteiger partial charge in [0.15, 0.2) is 6.10 Å². The molecule has 0 aliphatic carbocycles. The summed E-state index contributed by atoms with van der Waals surface area (Å²) in [5.41, 5.74) is 1.17. The Hall–Kier alpha value is -2.26. The van der Waals surface area contributed by atoms with Crippen LogP contribution in [-0.4, -0.2) is 36.9 Å². The lowest BCUT2D eigenvalue weighted by atomic mass is 10.1. The Balaban J connectivity index is 1.97. The van der Waals surface area contributed by atoms with E-state index in [0.717, 1.165) is 0 Å². The summed E-state index contributed by atoms with van der Waals surface area (Å²) in [4.78, 5) is 10.8. The summed E-state index contributed by atoms with van der Waals surface area (Å²) in [6.45, 7) is 0.464. The van der Waals surface area contributed by atoms with Crippen LogP contribution in [0.5, 0.6) is 5.75 Å². The van der Waals surface area contributed by atoms with E-state index < -0.39 is 12.1 Å². The van der Waals surface area contributed by atoms with Crippen molar-refractivity contribution < 1.29 is 19.4 Å². The predicted octanol–water partition coefficient (Wildman–Crippen LogP) is 1.61. The van der Waals surface area contributed by atoms with Crippen LogP contribution >= 0.6 is 0 Å². The summed E-state index contributed by atoms with van der Waals surface area (Å²) < 4.78 is 10.5. The number of carboxylic acid groups (broad SMARTS) is 1. The van der Waals surface area contributed by atoms with Crippen molar-refractivity contribution in [1.29, 1.82) is 5.26 Å². The Morgan fingerprint density at radius 1 is 1.60 bits per heavy atom. The molecule has 0 bridgehead atoms. The van der Waals surface area contributed by atoms with Gasteiger partial charge in [0.25, 0.3) is 0 Å². The molecule has 0 aromatic heterocycles. The van der Waals surface area contributed by atoms with E-state index in [1.807, 2.05) is 0 Å².